The SMILES string of the molecule is O=C(CCc1ccsc1)NCC1(C(=O)O)CCCCC1. The summed E-state index contributed by atoms with van der Waals surface area (Å²) in [7, 11) is 0. The van der Waals surface area contributed by atoms with Crippen molar-refractivity contribution >= 4 is 23.2 Å². The van der Waals surface area contributed by atoms with Gasteiger partial charge in [0.15, 0.2) is 0 Å². The lowest BCUT2D eigenvalue weighted by Gasteiger charge is -2.33. The maximum atomic E-state index is 11.8. The monoisotopic (exact) mass is 295 g/mol. The Morgan fingerprint density at radius 3 is 2.65 bits per heavy atom. The van der Waals surface area contributed by atoms with Crippen LogP contribution in [0.5, 0.6) is 0 Å². The molecule has 2 rings (SSSR count). The predicted molar refractivity (Wildman–Crippen MR) is 78.8 cm³/mol. The number of thiophene rings is 1. The van der Waals surface area contributed by atoms with Crippen LogP contribution in [0.25, 0.3) is 0 Å². The van der Waals surface area contributed by atoms with Crippen LogP contribution in [0.3, 0.4) is 0 Å². The Hall–Kier alpha value is -1.36. The molecule has 5 heteroatoms. The van der Waals surface area contributed by atoms with Gasteiger partial charge in [0.1, 0.15) is 0 Å². The first-order valence-electron chi connectivity index (χ1n) is 7.14. The zero-order chi connectivity index (χ0) is 14.4. The number of nitrogens with one attached hydrogen (secondary N) is 1. The maximum absolute atomic E-state index is 11.8. The van der Waals surface area contributed by atoms with E-state index in [0.29, 0.717) is 19.3 Å². The van der Waals surface area contributed by atoms with Crippen LogP contribution >= 0.6 is 11.3 Å². The molecule has 2 N–H and O–H groups in total. The third kappa shape index (κ3) is 3.82. The van der Waals surface area contributed by atoms with Crippen molar-refractivity contribution < 1.29 is 14.7 Å². The van der Waals surface area contributed by atoms with E-state index in [-0.39, 0.29) is 12.5 Å². The number of hydrogen-bond acceptors (Lipinski definition) is 3. The van der Waals surface area contributed by atoms with Crippen molar-refractivity contribution in [1.29, 1.82) is 0 Å². The van der Waals surface area contributed by atoms with Gasteiger partial charge < -0.3 is 10.4 Å². The Bertz CT molecular complexity index is 450. The van der Waals surface area contributed by atoms with Gasteiger partial charge in [-0.15, -0.1) is 0 Å². The average Bonchev–Trinajstić information content (AvgIpc) is 2.97. The number of amides is 1. The summed E-state index contributed by atoms with van der Waals surface area (Å²) in [6, 6.07) is 2.01. The van der Waals surface area contributed by atoms with Gasteiger partial charge >= 0.3 is 5.97 Å². The minimum atomic E-state index is -0.768. The van der Waals surface area contributed by atoms with Crippen LogP contribution in [0, 0.1) is 5.41 Å². The Kier molecular flexibility index (Phi) is 5.17. The second-order valence-electron chi connectivity index (χ2n) is 5.55. The molecule has 0 spiro atoms. The number of carboxylic acid groups (broad SMARTS) is 1. The lowest BCUT2D eigenvalue weighted by molar-refractivity contribution is -0.151. The van der Waals surface area contributed by atoms with Gasteiger partial charge in [0.25, 0.3) is 0 Å². The molecule has 1 saturated carbocycles. The Morgan fingerprint density at radius 2 is 2.05 bits per heavy atom. The lowest BCUT2D eigenvalue weighted by atomic mass is 9.74. The summed E-state index contributed by atoms with van der Waals surface area (Å²) < 4.78 is 0. The first-order valence-corrected chi connectivity index (χ1v) is 8.08. The summed E-state index contributed by atoms with van der Waals surface area (Å²) in [5, 5.41) is 16.3. The van der Waals surface area contributed by atoms with E-state index < -0.39 is 11.4 Å². The van der Waals surface area contributed by atoms with Crippen LogP contribution in [-0.4, -0.2) is 23.5 Å². The quantitative estimate of drug-likeness (QED) is 0.848. The largest absolute Gasteiger partial charge is 0.481 e. The molecular formula is C15H21NO3S. The number of carbonyl (C=O) groups is 2. The van der Waals surface area contributed by atoms with Crippen LogP contribution in [0.4, 0.5) is 0 Å². The zero-order valence-electron chi connectivity index (χ0n) is 11.6. The molecule has 0 aliphatic heterocycles. The smallest absolute Gasteiger partial charge is 0.311 e. The fourth-order valence-electron chi connectivity index (χ4n) is 2.74. The molecule has 0 radical (unpaired) electrons. The molecule has 0 atom stereocenters. The van der Waals surface area contributed by atoms with Gasteiger partial charge in [0, 0.05) is 13.0 Å². The lowest BCUT2D eigenvalue weighted by Crippen LogP contribution is -2.44. The van der Waals surface area contributed by atoms with Crippen LogP contribution in [0.1, 0.15) is 44.1 Å². The van der Waals surface area contributed by atoms with E-state index in [1.54, 1.807) is 11.3 Å². The van der Waals surface area contributed by atoms with Crippen LogP contribution in [0.2, 0.25) is 0 Å². The molecular weight excluding hydrogens is 274 g/mol. The van der Waals surface area contributed by atoms with E-state index >= 15 is 0 Å². The normalized spacial score (nSPS) is 17.6. The second kappa shape index (κ2) is 6.88. The van der Waals surface area contributed by atoms with E-state index in [9.17, 15) is 14.7 Å². The van der Waals surface area contributed by atoms with Gasteiger partial charge in [0.05, 0.1) is 5.41 Å². The molecule has 4 nitrogen and oxygen atoms in total. The van der Waals surface area contributed by atoms with E-state index in [4.69, 9.17) is 0 Å². The molecule has 1 amide bonds. The zero-order valence-corrected chi connectivity index (χ0v) is 12.4. The summed E-state index contributed by atoms with van der Waals surface area (Å²) in [5.41, 5.74) is 0.423. The van der Waals surface area contributed by atoms with Crippen LogP contribution in [-0.2, 0) is 16.0 Å². The van der Waals surface area contributed by atoms with Crippen molar-refractivity contribution in [3.05, 3.63) is 22.4 Å². The second-order valence-corrected chi connectivity index (χ2v) is 6.33. The van der Waals surface area contributed by atoms with Gasteiger partial charge in [-0.2, -0.15) is 11.3 Å². The van der Waals surface area contributed by atoms with Crippen molar-refractivity contribution in [2.45, 2.75) is 44.9 Å². The molecule has 1 aliphatic rings. The fraction of sp³-hybridized carbons (Fsp3) is 0.600. The molecule has 1 fully saturated rings. The minimum absolute atomic E-state index is 0.0533. The van der Waals surface area contributed by atoms with Crippen molar-refractivity contribution in [2.75, 3.05) is 6.54 Å². The van der Waals surface area contributed by atoms with Gasteiger partial charge in [-0.05, 0) is 41.7 Å². The molecule has 1 aromatic rings. The highest BCUT2D eigenvalue weighted by Gasteiger charge is 2.39. The van der Waals surface area contributed by atoms with Gasteiger partial charge in [-0.3, -0.25) is 9.59 Å². The van der Waals surface area contributed by atoms with Gasteiger partial charge in [-0.1, -0.05) is 19.3 Å². The van der Waals surface area contributed by atoms with Crippen LogP contribution < -0.4 is 5.32 Å². The maximum Gasteiger partial charge on any atom is 0.311 e. The van der Waals surface area contributed by atoms with Crippen LogP contribution in [0.15, 0.2) is 16.8 Å². The predicted octanol–water partition coefficient (Wildman–Crippen LogP) is 2.83. The van der Waals surface area contributed by atoms with Gasteiger partial charge in [-0.25, -0.2) is 0 Å². The number of carbonyl (C=O) groups excluding carboxylic acids is 1. The van der Waals surface area contributed by atoms with E-state index in [2.05, 4.69) is 5.32 Å². The van der Waals surface area contributed by atoms with E-state index in [0.717, 1.165) is 31.2 Å². The molecule has 0 saturated heterocycles. The molecule has 1 aliphatic carbocycles. The average molecular weight is 295 g/mol. The Balaban J connectivity index is 1.80. The van der Waals surface area contributed by atoms with Crippen molar-refractivity contribution in [3.8, 4) is 0 Å². The summed E-state index contributed by atoms with van der Waals surface area (Å²) >= 11 is 1.62. The summed E-state index contributed by atoms with van der Waals surface area (Å²) in [5.74, 6) is -0.822. The Labute approximate surface area is 123 Å². The molecule has 0 unspecified atom stereocenters. The molecule has 1 heterocycles. The Morgan fingerprint density at radius 1 is 1.30 bits per heavy atom. The van der Waals surface area contributed by atoms with Gasteiger partial charge in [0.2, 0.25) is 5.91 Å². The first-order chi connectivity index (χ1) is 9.62. The number of hydrogen-bond donors (Lipinski definition) is 2. The minimum Gasteiger partial charge on any atom is -0.481 e. The highest BCUT2D eigenvalue weighted by atomic mass is 32.1. The topological polar surface area (TPSA) is 66.4 Å². The summed E-state index contributed by atoms with van der Waals surface area (Å²) in [4.78, 5) is 23.3. The highest BCUT2D eigenvalue weighted by molar-refractivity contribution is 7.07. The number of carboxylic acids is 1. The molecule has 110 valence electrons. The third-order valence-electron chi connectivity index (χ3n) is 4.11. The van der Waals surface area contributed by atoms with E-state index in [1.165, 1.54) is 0 Å². The third-order valence-corrected chi connectivity index (χ3v) is 4.84. The number of rotatable bonds is 6. The van der Waals surface area contributed by atoms with Crippen molar-refractivity contribution in [3.63, 3.8) is 0 Å². The molecule has 1 aromatic heterocycles. The highest BCUT2D eigenvalue weighted by Crippen LogP contribution is 2.36. The van der Waals surface area contributed by atoms with E-state index in [1.807, 2.05) is 16.8 Å². The summed E-state index contributed by atoms with van der Waals surface area (Å²) in [6.45, 7) is 0.269. The standard InChI is InChI=1S/C15H21NO3S/c17-13(5-4-12-6-9-20-10-12)16-11-15(14(18)19)7-2-1-3-8-15/h6,9-10H,1-5,7-8,11H2,(H,16,17)(H,18,19). The first kappa shape index (κ1) is 15.0. The molecule has 0 aromatic carbocycles. The summed E-state index contributed by atoms with van der Waals surface area (Å²) in [6.07, 6.45) is 5.47. The van der Waals surface area contributed by atoms with Crippen molar-refractivity contribution in [2.24, 2.45) is 5.41 Å². The van der Waals surface area contributed by atoms with Crippen molar-refractivity contribution in [1.82, 2.24) is 5.32 Å². The molecule has 0 bridgehead atoms. The molecule has 20 heavy (non-hydrogen) atoms. The fourth-order valence-corrected chi connectivity index (χ4v) is 3.45. The number of aryl methyl sites for hydroxylation is 1. The number of aliphatic carboxylic acids is 1.